The first kappa shape index (κ1) is 18.8. The molecular weight excluding hydrogens is 376 g/mol. The van der Waals surface area contributed by atoms with Crippen LogP contribution in [-0.4, -0.2) is 4.98 Å². The summed E-state index contributed by atoms with van der Waals surface area (Å²) in [5.74, 6) is 0. The van der Waals surface area contributed by atoms with Crippen LogP contribution >= 0.6 is 0 Å². The number of benzene rings is 4. The van der Waals surface area contributed by atoms with Gasteiger partial charge in [-0.15, -0.1) is 0 Å². The third kappa shape index (κ3) is 4.10. The van der Waals surface area contributed by atoms with Crippen molar-refractivity contribution in [1.82, 2.24) is 4.98 Å². The van der Waals surface area contributed by atoms with Gasteiger partial charge in [-0.3, -0.25) is 4.98 Å². The van der Waals surface area contributed by atoms with Gasteiger partial charge in [0.05, 0.1) is 5.69 Å². The van der Waals surface area contributed by atoms with Crippen LogP contribution in [0.4, 0.5) is 17.1 Å². The van der Waals surface area contributed by atoms with Crippen molar-refractivity contribution >= 4 is 17.1 Å². The van der Waals surface area contributed by atoms with Crippen LogP contribution < -0.4 is 4.90 Å². The van der Waals surface area contributed by atoms with Gasteiger partial charge in [0, 0.05) is 28.8 Å². The number of aromatic nitrogens is 1. The van der Waals surface area contributed by atoms with E-state index in [0.717, 1.165) is 28.3 Å². The second-order valence-corrected chi connectivity index (χ2v) is 7.35. The van der Waals surface area contributed by atoms with Gasteiger partial charge in [0.15, 0.2) is 0 Å². The number of hydrogen-bond donors (Lipinski definition) is 0. The molecule has 1 heterocycles. The molecular formula is C29H22N2. The SMILES string of the molecule is c1ccc(N(c2ccccc2)c2ccc(-c3cccc(-c4ccccn4)c3)cc2)cc1. The maximum Gasteiger partial charge on any atom is 0.0702 e. The number of pyridine rings is 1. The van der Waals surface area contributed by atoms with Gasteiger partial charge < -0.3 is 4.90 Å². The number of nitrogens with zero attached hydrogens (tertiary/aromatic N) is 2. The van der Waals surface area contributed by atoms with Gasteiger partial charge in [0.25, 0.3) is 0 Å². The molecule has 0 radical (unpaired) electrons. The Morgan fingerprint density at radius 1 is 0.419 bits per heavy atom. The molecule has 0 aliphatic rings. The van der Waals surface area contributed by atoms with Crippen LogP contribution in [0.2, 0.25) is 0 Å². The van der Waals surface area contributed by atoms with Gasteiger partial charge in [-0.05, 0) is 65.7 Å². The molecule has 0 saturated carbocycles. The Labute approximate surface area is 183 Å². The molecule has 2 nitrogen and oxygen atoms in total. The lowest BCUT2D eigenvalue weighted by atomic mass is 10.0. The molecule has 5 rings (SSSR count). The summed E-state index contributed by atoms with van der Waals surface area (Å²) in [6.07, 6.45) is 1.83. The highest BCUT2D eigenvalue weighted by molar-refractivity contribution is 5.79. The largest absolute Gasteiger partial charge is 0.311 e. The van der Waals surface area contributed by atoms with E-state index >= 15 is 0 Å². The monoisotopic (exact) mass is 398 g/mol. The summed E-state index contributed by atoms with van der Waals surface area (Å²) in [5.41, 5.74) is 7.88. The molecule has 0 N–H and O–H groups in total. The zero-order valence-corrected chi connectivity index (χ0v) is 17.1. The van der Waals surface area contributed by atoms with Crippen molar-refractivity contribution < 1.29 is 0 Å². The van der Waals surface area contributed by atoms with Gasteiger partial charge in [-0.1, -0.05) is 72.8 Å². The third-order valence-corrected chi connectivity index (χ3v) is 5.31. The minimum absolute atomic E-state index is 0.986. The van der Waals surface area contributed by atoms with Gasteiger partial charge in [-0.25, -0.2) is 0 Å². The first-order chi connectivity index (χ1) is 15.4. The molecule has 1 aromatic heterocycles. The van der Waals surface area contributed by atoms with Crippen molar-refractivity contribution in [2.75, 3.05) is 4.90 Å². The van der Waals surface area contributed by atoms with E-state index in [1.54, 1.807) is 0 Å². The maximum atomic E-state index is 4.48. The van der Waals surface area contributed by atoms with Gasteiger partial charge >= 0.3 is 0 Å². The van der Waals surface area contributed by atoms with E-state index in [4.69, 9.17) is 0 Å². The Morgan fingerprint density at radius 2 is 1.00 bits per heavy atom. The second kappa shape index (κ2) is 8.68. The number of para-hydroxylation sites is 2. The molecule has 4 aromatic carbocycles. The fourth-order valence-corrected chi connectivity index (χ4v) is 3.80. The van der Waals surface area contributed by atoms with E-state index in [2.05, 4.69) is 107 Å². The Balaban J connectivity index is 1.51. The standard InChI is InChI=1S/C29H22N2/c1-3-12-26(13-4-1)31(27-14-5-2-6-15-27)28-19-17-23(18-20-28)24-10-9-11-25(22-24)29-16-7-8-21-30-29/h1-22H. The normalized spacial score (nSPS) is 10.6. The highest BCUT2D eigenvalue weighted by Crippen LogP contribution is 2.35. The molecule has 148 valence electrons. The lowest BCUT2D eigenvalue weighted by molar-refractivity contribution is 1.28. The van der Waals surface area contributed by atoms with E-state index in [-0.39, 0.29) is 0 Å². The summed E-state index contributed by atoms with van der Waals surface area (Å²) >= 11 is 0. The number of rotatable bonds is 5. The molecule has 0 fully saturated rings. The maximum absolute atomic E-state index is 4.48. The van der Waals surface area contributed by atoms with Crippen molar-refractivity contribution in [3.63, 3.8) is 0 Å². The van der Waals surface area contributed by atoms with Crippen LogP contribution in [0.3, 0.4) is 0 Å². The summed E-state index contributed by atoms with van der Waals surface area (Å²) in [6, 6.07) is 44.2. The minimum Gasteiger partial charge on any atom is -0.311 e. The highest BCUT2D eigenvalue weighted by atomic mass is 15.1. The molecule has 0 unspecified atom stereocenters. The first-order valence-corrected chi connectivity index (χ1v) is 10.4. The number of anilines is 3. The Hall–Kier alpha value is -4.17. The highest BCUT2D eigenvalue weighted by Gasteiger charge is 2.12. The Morgan fingerprint density at radius 3 is 1.61 bits per heavy atom. The predicted octanol–water partition coefficient (Wildman–Crippen LogP) is 7.89. The first-order valence-electron chi connectivity index (χ1n) is 10.4. The van der Waals surface area contributed by atoms with E-state index < -0.39 is 0 Å². The zero-order chi connectivity index (χ0) is 20.9. The fourth-order valence-electron chi connectivity index (χ4n) is 3.80. The van der Waals surface area contributed by atoms with E-state index in [1.165, 1.54) is 11.1 Å². The lowest BCUT2D eigenvalue weighted by Crippen LogP contribution is -2.09. The molecule has 0 amide bonds. The van der Waals surface area contributed by atoms with Crippen molar-refractivity contribution in [1.29, 1.82) is 0 Å². The van der Waals surface area contributed by atoms with Crippen LogP contribution in [0.5, 0.6) is 0 Å². The van der Waals surface area contributed by atoms with Crippen LogP contribution in [0.25, 0.3) is 22.4 Å². The lowest BCUT2D eigenvalue weighted by Gasteiger charge is -2.25. The van der Waals surface area contributed by atoms with Crippen LogP contribution in [0, 0.1) is 0 Å². The average Bonchev–Trinajstić information content (AvgIpc) is 2.87. The number of hydrogen-bond acceptors (Lipinski definition) is 2. The quantitative estimate of drug-likeness (QED) is 0.299. The molecule has 0 aliphatic carbocycles. The van der Waals surface area contributed by atoms with Gasteiger partial charge in [0.1, 0.15) is 0 Å². The second-order valence-electron chi connectivity index (χ2n) is 7.35. The average molecular weight is 399 g/mol. The summed E-state index contributed by atoms with van der Waals surface area (Å²) in [7, 11) is 0. The van der Waals surface area contributed by atoms with Crippen LogP contribution in [0.1, 0.15) is 0 Å². The van der Waals surface area contributed by atoms with E-state index in [1.807, 2.05) is 36.5 Å². The van der Waals surface area contributed by atoms with Crippen molar-refractivity contribution in [2.24, 2.45) is 0 Å². The van der Waals surface area contributed by atoms with Gasteiger partial charge in [-0.2, -0.15) is 0 Å². The molecule has 31 heavy (non-hydrogen) atoms. The predicted molar refractivity (Wildman–Crippen MR) is 130 cm³/mol. The summed E-state index contributed by atoms with van der Waals surface area (Å²) in [4.78, 5) is 6.75. The molecule has 0 saturated heterocycles. The third-order valence-electron chi connectivity index (χ3n) is 5.31. The van der Waals surface area contributed by atoms with Crippen molar-refractivity contribution in [3.8, 4) is 22.4 Å². The van der Waals surface area contributed by atoms with Crippen molar-refractivity contribution in [2.45, 2.75) is 0 Å². The van der Waals surface area contributed by atoms with E-state index in [9.17, 15) is 0 Å². The fraction of sp³-hybridized carbons (Fsp3) is 0. The van der Waals surface area contributed by atoms with Gasteiger partial charge in [0.2, 0.25) is 0 Å². The molecule has 0 spiro atoms. The topological polar surface area (TPSA) is 16.1 Å². The van der Waals surface area contributed by atoms with Crippen LogP contribution in [0.15, 0.2) is 134 Å². The smallest absolute Gasteiger partial charge is 0.0702 e. The Kier molecular flexibility index (Phi) is 5.27. The Bertz CT molecular complexity index is 1210. The molecule has 5 aromatic rings. The molecule has 0 aliphatic heterocycles. The van der Waals surface area contributed by atoms with Crippen LogP contribution in [-0.2, 0) is 0 Å². The summed E-state index contributed by atoms with van der Waals surface area (Å²) in [5, 5.41) is 0. The van der Waals surface area contributed by atoms with E-state index in [0.29, 0.717) is 0 Å². The summed E-state index contributed by atoms with van der Waals surface area (Å²) in [6.45, 7) is 0. The summed E-state index contributed by atoms with van der Waals surface area (Å²) < 4.78 is 0. The van der Waals surface area contributed by atoms with Crippen molar-refractivity contribution in [3.05, 3.63) is 134 Å². The molecule has 0 bridgehead atoms. The zero-order valence-electron chi connectivity index (χ0n) is 17.1. The molecule has 0 atom stereocenters. The molecule has 2 heteroatoms. The minimum atomic E-state index is 0.986.